The monoisotopic (exact) mass is 243 g/mol. The summed E-state index contributed by atoms with van der Waals surface area (Å²) in [6.07, 6.45) is 0.598. The third kappa shape index (κ3) is 4.11. The van der Waals surface area contributed by atoms with Gasteiger partial charge in [-0.2, -0.15) is 0 Å². The predicted octanol–water partition coefficient (Wildman–Crippen LogP) is 1.91. The smallest absolute Gasteiger partial charge is 0.220 e. The zero-order valence-corrected chi connectivity index (χ0v) is 9.54. The third-order valence-electron chi connectivity index (χ3n) is 2.38. The van der Waals surface area contributed by atoms with E-state index in [-0.39, 0.29) is 18.9 Å². The van der Waals surface area contributed by atoms with Crippen LogP contribution in [0.2, 0.25) is 0 Å². The maximum absolute atomic E-state index is 13.0. The number of nitrogens with one attached hydrogen (secondary N) is 1. The first-order valence-electron chi connectivity index (χ1n) is 5.39. The zero-order chi connectivity index (χ0) is 12.8. The van der Waals surface area contributed by atoms with Gasteiger partial charge >= 0.3 is 0 Å². The van der Waals surface area contributed by atoms with Crippen molar-refractivity contribution in [3.8, 4) is 0 Å². The molecule has 0 heterocycles. The van der Waals surface area contributed by atoms with Crippen LogP contribution in [0.25, 0.3) is 0 Å². The quantitative estimate of drug-likeness (QED) is 0.830. The first kappa shape index (κ1) is 13.6. The number of hydrogen-bond acceptors (Lipinski definition) is 2. The van der Waals surface area contributed by atoms with Gasteiger partial charge in [-0.15, -0.1) is 0 Å². The summed E-state index contributed by atoms with van der Waals surface area (Å²) in [5.41, 5.74) is 0.501. The summed E-state index contributed by atoms with van der Waals surface area (Å²) < 4.78 is 25.7. The van der Waals surface area contributed by atoms with Crippen molar-refractivity contribution >= 4 is 5.91 Å². The predicted molar refractivity (Wildman–Crippen MR) is 59.2 cm³/mol. The van der Waals surface area contributed by atoms with Gasteiger partial charge in [0.05, 0.1) is 6.04 Å². The second kappa shape index (κ2) is 6.30. The summed E-state index contributed by atoms with van der Waals surface area (Å²) in [7, 11) is 0. The van der Waals surface area contributed by atoms with Gasteiger partial charge in [0.25, 0.3) is 0 Å². The molecule has 1 atom stereocenters. The fourth-order valence-corrected chi connectivity index (χ4v) is 1.42. The molecule has 0 radical (unpaired) electrons. The summed E-state index contributed by atoms with van der Waals surface area (Å²) >= 11 is 0. The molecular formula is C12H15F2NO2. The molecule has 5 heteroatoms. The molecule has 0 saturated heterocycles. The summed E-state index contributed by atoms with van der Waals surface area (Å²) in [4.78, 5) is 11.3. The molecule has 3 nitrogen and oxygen atoms in total. The SMILES string of the molecule is CC(NC(=O)CCCO)c1ccc(F)c(F)c1. The Kier molecular flexibility index (Phi) is 5.03. The Morgan fingerprint density at radius 1 is 1.41 bits per heavy atom. The normalized spacial score (nSPS) is 12.2. The molecule has 1 aromatic carbocycles. The van der Waals surface area contributed by atoms with E-state index in [1.807, 2.05) is 0 Å². The summed E-state index contributed by atoms with van der Waals surface area (Å²) in [5.74, 6) is -2.07. The molecule has 0 bridgehead atoms. The minimum absolute atomic E-state index is 0.0486. The molecular weight excluding hydrogens is 228 g/mol. The average molecular weight is 243 g/mol. The van der Waals surface area contributed by atoms with Crippen LogP contribution in [0, 0.1) is 11.6 Å². The van der Waals surface area contributed by atoms with Crippen molar-refractivity contribution in [1.29, 1.82) is 0 Å². The minimum Gasteiger partial charge on any atom is -0.396 e. The van der Waals surface area contributed by atoms with Crippen LogP contribution >= 0.6 is 0 Å². The molecule has 94 valence electrons. The number of amides is 1. The van der Waals surface area contributed by atoms with Crippen LogP contribution in [0.1, 0.15) is 31.4 Å². The summed E-state index contributed by atoms with van der Waals surface area (Å²) in [6.45, 7) is 1.64. The third-order valence-corrected chi connectivity index (χ3v) is 2.38. The molecule has 0 aliphatic rings. The van der Waals surface area contributed by atoms with Crippen LogP contribution in [0.5, 0.6) is 0 Å². The van der Waals surface area contributed by atoms with E-state index in [1.165, 1.54) is 6.07 Å². The lowest BCUT2D eigenvalue weighted by Gasteiger charge is -2.14. The van der Waals surface area contributed by atoms with Gasteiger partial charge in [0.15, 0.2) is 11.6 Å². The van der Waals surface area contributed by atoms with Crippen molar-refractivity contribution in [2.45, 2.75) is 25.8 Å². The Balaban J connectivity index is 2.60. The summed E-state index contributed by atoms with van der Waals surface area (Å²) in [5, 5.41) is 11.2. The van der Waals surface area contributed by atoms with Crippen LogP contribution in [0.4, 0.5) is 8.78 Å². The molecule has 1 amide bonds. The number of hydrogen-bond donors (Lipinski definition) is 2. The van der Waals surface area contributed by atoms with Crippen LogP contribution in [-0.4, -0.2) is 17.6 Å². The molecule has 0 saturated carbocycles. The molecule has 2 N–H and O–H groups in total. The molecule has 0 aromatic heterocycles. The standard InChI is InChI=1S/C12H15F2NO2/c1-8(15-12(17)3-2-6-16)9-4-5-10(13)11(14)7-9/h4-5,7-8,16H,2-3,6H2,1H3,(H,15,17). The van der Waals surface area contributed by atoms with Gasteiger partial charge in [-0.25, -0.2) is 8.78 Å². The van der Waals surface area contributed by atoms with E-state index >= 15 is 0 Å². The number of rotatable bonds is 5. The Morgan fingerprint density at radius 2 is 2.12 bits per heavy atom. The molecule has 1 aromatic rings. The van der Waals surface area contributed by atoms with E-state index < -0.39 is 17.7 Å². The summed E-state index contributed by atoms with van der Waals surface area (Å²) in [6, 6.07) is 3.12. The van der Waals surface area contributed by atoms with Crippen LogP contribution < -0.4 is 5.32 Å². The largest absolute Gasteiger partial charge is 0.396 e. The first-order valence-corrected chi connectivity index (χ1v) is 5.39. The van der Waals surface area contributed by atoms with Gasteiger partial charge in [0.1, 0.15) is 0 Å². The number of carbonyl (C=O) groups is 1. The first-order chi connectivity index (χ1) is 8.04. The fraction of sp³-hybridized carbons (Fsp3) is 0.417. The highest BCUT2D eigenvalue weighted by molar-refractivity contribution is 5.76. The number of aliphatic hydroxyl groups excluding tert-OH is 1. The number of halogens is 2. The molecule has 1 rings (SSSR count). The lowest BCUT2D eigenvalue weighted by atomic mass is 10.1. The van der Waals surface area contributed by atoms with Crippen molar-refractivity contribution in [3.63, 3.8) is 0 Å². The highest BCUT2D eigenvalue weighted by atomic mass is 19.2. The highest BCUT2D eigenvalue weighted by Gasteiger charge is 2.11. The molecule has 17 heavy (non-hydrogen) atoms. The fourth-order valence-electron chi connectivity index (χ4n) is 1.42. The van der Waals surface area contributed by atoms with Crippen LogP contribution in [-0.2, 0) is 4.79 Å². The Bertz CT molecular complexity index is 396. The number of aliphatic hydroxyl groups is 1. The topological polar surface area (TPSA) is 49.3 Å². The molecule has 0 spiro atoms. The Hall–Kier alpha value is -1.49. The Labute approximate surface area is 98.5 Å². The number of benzene rings is 1. The van der Waals surface area contributed by atoms with Crippen molar-refractivity contribution in [1.82, 2.24) is 5.32 Å². The minimum atomic E-state index is -0.932. The van der Waals surface area contributed by atoms with E-state index in [0.717, 1.165) is 12.1 Å². The lowest BCUT2D eigenvalue weighted by molar-refractivity contribution is -0.122. The maximum Gasteiger partial charge on any atom is 0.220 e. The van der Waals surface area contributed by atoms with Gasteiger partial charge in [0.2, 0.25) is 5.91 Å². The van der Waals surface area contributed by atoms with Crippen molar-refractivity contribution in [3.05, 3.63) is 35.4 Å². The van der Waals surface area contributed by atoms with Gasteiger partial charge in [0, 0.05) is 13.0 Å². The average Bonchev–Trinajstić information content (AvgIpc) is 2.30. The van der Waals surface area contributed by atoms with Gasteiger partial charge < -0.3 is 10.4 Å². The van der Waals surface area contributed by atoms with E-state index in [9.17, 15) is 13.6 Å². The highest BCUT2D eigenvalue weighted by Crippen LogP contribution is 2.16. The maximum atomic E-state index is 13.0. The lowest BCUT2D eigenvalue weighted by Crippen LogP contribution is -2.26. The molecule has 1 unspecified atom stereocenters. The molecule has 0 fully saturated rings. The second-order valence-electron chi connectivity index (χ2n) is 3.79. The van der Waals surface area contributed by atoms with Crippen molar-refractivity contribution < 1.29 is 18.7 Å². The number of carbonyl (C=O) groups excluding carboxylic acids is 1. The van der Waals surface area contributed by atoms with E-state index in [4.69, 9.17) is 5.11 Å². The van der Waals surface area contributed by atoms with Gasteiger partial charge in [-0.05, 0) is 31.0 Å². The van der Waals surface area contributed by atoms with Crippen molar-refractivity contribution in [2.24, 2.45) is 0 Å². The van der Waals surface area contributed by atoms with E-state index in [2.05, 4.69) is 5.32 Å². The zero-order valence-electron chi connectivity index (χ0n) is 9.54. The van der Waals surface area contributed by atoms with E-state index in [1.54, 1.807) is 6.92 Å². The second-order valence-corrected chi connectivity index (χ2v) is 3.79. The molecule has 0 aliphatic carbocycles. The van der Waals surface area contributed by atoms with E-state index in [0.29, 0.717) is 12.0 Å². The van der Waals surface area contributed by atoms with Gasteiger partial charge in [-0.3, -0.25) is 4.79 Å². The van der Waals surface area contributed by atoms with Gasteiger partial charge in [-0.1, -0.05) is 6.07 Å². The van der Waals surface area contributed by atoms with Crippen LogP contribution in [0.3, 0.4) is 0 Å². The van der Waals surface area contributed by atoms with Crippen molar-refractivity contribution in [2.75, 3.05) is 6.61 Å². The molecule has 0 aliphatic heterocycles. The Morgan fingerprint density at radius 3 is 2.71 bits per heavy atom. The van der Waals surface area contributed by atoms with Crippen LogP contribution in [0.15, 0.2) is 18.2 Å².